The van der Waals surface area contributed by atoms with Crippen molar-refractivity contribution in [3.8, 4) is 11.5 Å². The zero-order chi connectivity index (χ0) is 21.8. The Kier molecular flexibility index (Phi) is 7.23. The van der Waals surface area contributed by atoms with Crippen molar-refractivity contribution < 1.29 is 14.3 Å². The summed E-state index contributed by atoms with van der Waals surface area (Å²) < 4.78 is 12.1. The monoisotopic (exact) mass is 508 g/mol. The molecule has 1 amide bonds. The molecular weight excluding hydrogens is 491 g/mol. The summed E-state index contributed by atoms with van der Waals surface area (Å²) in [6.07, 6.45) is 3.43. The van der Waals surface area contributed by atoms with Gasteiger partial charge in [-0.05, 0) is 55.8 Å². The van der Waals surface area contributed by atoms with Gasteiger partial charge in [-0.3, -0.25) is 4.79 Å². The van der Waals surface area contributed by atoms with Crippen LogP contribution in [0.25, 0.3) is 6.08 Å². The summed E-state index contributed by atoms with van der Waals surface area (Å²) in [5.41, 5.74) is 2.35. The van der Waals surface area contributed by atoms with Gasteiger partial charge in [-0.2, -0.15) is 10.1 Å². The maximum atomic E-state index is 13.0. The molecule has 0 saturated carbocycles. The predicted molar refractivity (Wildman–Crippen MR) is 126 cm³/mol. The van der Waals surface area contributed by atoms with E-state index < -0.39 is 0 Å². The molecule has 0 fully saturated rings. The van der Waals surface area contributed by atoms with E-state index in [2.05, 4.69) is 27.6 Å². The maximum absolute atomic E-state index is 13.0. The van der Waals surface area contributed by atoms with E-state index in [1.807, 2.05) is 19.1 Å². The highest BCUT2D eigenvalue weighted by atomic mass is 79.9. The number of amides is 1. The van der Waals surface area contributed by atoms with Crippen molar-refractivity contribution in [2.45, 2.75) is 13.8 Å². The zero-order valence-corrected chi connectivity index (χ0v) is 19.5. The fourth-order valence-corrected chi connectivity index (χ4v) is 3.55. The molecular formula is C22H19BrCl2N2O3. The largest absolute Gasteiger partial charge is 0.490 e. The number of carbonyl (C=O) groups is 1. The van der Waals surface area contributed by atoms with Crippen LogP contribution in [0.3, 0.4) is 0 Å². The van der Waals surface area contributed by atoms with Gasteiger partial charge in [0.25, 0.3) is 5.91 Å². The van der Waals surface area contributed by atoms with Gasteiger partial charge < -0.3 is 9.47 Å². The summed E-state index contributed by atoms with van der Waals surface area (Å²) in [4.78, 5) is 13.0. The molecule has 2 aromatic carbocycles. The second kappa shape index (κ2) is 9.69. The topological polar surface area (TPSA) is 51.1 Å². The third-order valence-electron chi connectivity index (χ3n) is 4.23. The summed E-state index contributed by atoms with van der Waals surface area (Å²) in [6.45, 7) is 8.17. The molecule has 0 saturated heterocycles. The lowest BCUT2D eigenvalue weighted by Crippen LogP contribution is -2.21. The number of carbonyl (C=O) groups excluding carboxylic acids is 1. The number of ether oxygens (including phenoxy) is 2. The summed E-state index contributed by atoms with van der Waals surface area (Å²) in [7, 11) is 0. The first kappa shape index (κ1) is 22.4. The Bertz CT molecular complexity index is 1070. The summed E-state index contributed by atoms with van der Waals surface area (Å²) in [5, 5.41) is 6.46. The quantitative estimate of drug-likeness (QED) is 0.315. The Morgan fingerprint density at radius 1 is 1.17 bits per heavy atom. The van der Waals surface area contributed by atoms with Gasteiger partial charge in [-0.1, -0.05) is 51.8 Å². The Morgan fingerprint density at radius 2 is 1.90 bits per heavy atom. The number of benzene rings is 2. The van der Waals surface area contributed by atoms with E-state index in [0.717, 1.165) is 10.0 Å². The lowest BCUT2D eigenvalue weighted by Gasteiger charge is -2.14. The van der Waals surface area contributed by atoms with Crippen LogP contribution in [0.1, 0.15) is 19.4 Å². The van der Waals surface area contributed by atoms with Gasteiger partial charge in [-0.25, -0.2) is 0 Å². The molecule has 1 aliphatic rings. The molecule has 1 heterocycles. The van der Waals surface area contributed by atoms with Crippen molar-refractivity contribution in [1.82, 2.24) is 0 Å². The Hall–Kier alpha value is -2.28. The highest BCUT2D eigenvalue weighted by Crippen LogP contribution is 2.36. The molecule has 0 bridgehead atoms. The molecule has 30 heavy (non-hydrogen) atoms. The average Bonchev–Trinajstić information content (AvgIpc) is 2.99. The minimum Gasteiger partial charge on any atom is -0.490 e. The maximum Gasteiger partial charge on any atom is 0.280 e. The van der Waals surface area contributed by atoms with Crippen molar-refractivity contribution in [2.75, 3.05) is 18.2 Å². The van der Waals surface area contributed by atoms with Crippen LogP contribution in [-0.2, 0) is 4.79 Å². The number of hydrazone groups is 1. The SMILES string of the molecule is C=CCOc1cc(Br)c(/C=C2/C(=O)N(c3ccc(Cl)c(Cl)c3)N=C2C)cc1OCC. The van der Waals surface area contributed by atoms with Gasteiger partial charge in [0, 0.05) is 4.47 Å². The first-order valence-corrected chi connectivity index (χ1v) is 10.7. The molecule has 0 N–H and O–H groups in total. The third-order valence-corrected chi connectivity index (χ3v) is 5.66. The summed E-state index contributed by atoms with van der Waals surface area (Å²) in [5.74, 6) is 0.907. The number of halogens is 3. The second-order valence-corrected chi connectivity index (χ2v) is 7.98. The average molecular weight is 510 g/mol. The number of rotatable bonds is 7. The van der Waals surface area contributed by atoms with Crippen LogP contribution in [0.2, 0.25) is 10.0 Å². The smallest absolute Gasteiger partial charge is 0.280 e. The van der Waals surface area contributed by atoms with Crippen molar-refractivity contribution in [3.63, 3.8) is 0 Å². The van der Waals surface area contributed by atoms with E-state index in [9.17, 15) is 4.79 Å². The number of hydrogen-bond acceptors (Lipinski definition) is 4. The number of nitrogens with zero attached hydrogens (tertiary/aromatic N) is 2. The van der Waals surface area contributed by atoms with Gasteiger partial charge in [0.05, 0.1) is 33.6 Å². The van der Waals surface area contributed by atoms with Crippen molar-refractivity contribution in [2.24, 2.45) is 5.10 Å². The molecule has 1 aliphatic heterocycles. The number of anilines is 1. The van der Waals surface area contributed by atoms with E-state index in [4.69, 9.17) is 32.7 Å². The van der Waals surface area contributed by atoms with Crippen LogP contribution in [0.15, 0.2) is 58.1 Å². The molecule has 0 aromatic heterocycles. The van der Waals surface area contributed by atoms with Crippen molar-refractivity contribution in [3.05, 3.63) is 68.6 Å². The minimum atomic E-state index is -0.261. The Labute approximate surface area is 193 Å². The van der Waals surface area contributed by atoms with Gasteiger partial charge in [0.1, 0.15) is 6.61 Å². The first-order chi connectivity index (χ1) is 14.3. The van der Waals surface area contributed by atoms with Crippen molar-refractivity contribution >= 4 is 62.5 Å². The zero-order valence-electron chi connectivity index (χ0n) is 16.4. The molecule has 0 unspecified atom stereocenters. The Morgan fingerprint density at radius 3 is 2.57 bits per heavy atom. The lowest BCUT2D eigenvalue weighted by atomic mass is 10.1. The molecule has 0 spiro atoms. The number of hydrogen-bond donors (Lipinski definition) is 0. The van der Waals surface area contributed by atoms with Crippen molar-refractivity contribution in [1.29, 1.82) is 0 Å². The molecule has 8 heteroatoms. The Balaban J connectivity index is 1.97. The van der Waals surface area contributed by atoms with Crippen LogP contribution in [0.5, 0.6) is 11.5 Å². The van der Waals surface area contributed by atoms with E-state index in [0.29, 0.717) is 51.7 Å². The van der Waals surface area contributed by atoms with Gasteiger partial charge >= 0.3 is 0 Å². The minimum absolute atomic E-state index is 0.261. The molecule has 2 aromatic rings. The normalized spacial score (nSPS) is 14.8. The van der Waals surface area contributed by atoms with E-state index in [1.165, 1.54) is 5.01 Å². The van der Waals surface area contributed by atoms with Gasteiger partial charge in [-0.15, -0.1) is 0 Å². The summed E-state index contributed by atoms with van der Waals surface area (Å²) in [6, 6.07) is 8.56. The second-order valence-electron chi connectivity index (χ2n) is 6.31. The molecule has 3 rings (SSSR count). The van der Waals surface area contributed by atoms with E-state index in [-0.39, 0.29) is 5.91 Å². The lowest BCUT2D eigenvalue weighted by molar-refractivity contribution is -0.114. The fourth-order valence-electron chi connectivity index (χ4n) is 2.82. The molecule has 5 nitrogen and oxygen atoms in total. The van der Waals surface area contributed by atoms with E-state index >= 15 is 0 Å². The standard InChI is InChI=1S/C22H19BrCl2N2O3/c1-4-8-30-21-12-17(23)14(10-20(21)29-5-2)9-16-13(3)26-27(22(16)28)15-6-7-18(24)19(25)11-15/h4,6-7,9-12H,1,5,8H2,2-3H3/b16-9+. The van der Waals surface area contributed by atoms with Gasteiger partial charge in [0.15, 0.2) is 11.5 Å². The first-order valence-electron chi connectivity index (χ1n) is 9.12. The highest BCUT2D eigenvalue weighted by Gasteiger charge is 2.29. The van der Waals surface area contributed by atoms with Gasteiger partial charge in [0.2, 0.25) is 0 Å². The molecule has 156 valence electrons. The molecule has 0 atom stereocenters. The van der Waals surface area contributed by atoms with Crippen LogP contribution in [0.4, 0.5) is 5.69 Å². The van der Waals surface area contributed by atoms with Crippen LogP contribution >= 0.6 is 39.1 Å². The molecule has 0 radical (unpaired) electrons. The predicted octanol–water partition coefficient (Wildman–Crippen LogP) is 6.53. The third kappa shape index (κ3) is 4.72. The molecule has 0 aliphatic carbocycles. The van der Waals surface area contributed by atoms with Crippen LogP contribution in [-0.4, -0.2) is 24.8 Å². The highest BCUT2D eigenvalue weighted by molar-refractivity contribution is 9.10. The summed E-state index contributed by atoms with van der Waals surface area (Å²) >= 11 is 15.6. The van der Waals surface area contributed by atoms with Crippen LogP contribution < -0.4 is 14.5 Å². The fraction of sp³-hybridized carbons (Fsp3) is 0.182. The van der Waals surface area contributed by atoms with Crippen LogP contribution in [0, 0.1) is 0 Å². The van der Waals surface area contributed by atoms with E-state index in [1.54, 1.807) is 37.3 Å².